The average molecular weight is 401 g/mol. The fourth-order valence-electron chi connectivity index (χ4n) is 3.62. The highest BCUT2D eigenvalue weighted by atomic mass is 32.2. The van der Waals surface area contributed by atoms with E-state index in [1.165, 1.54) is 22.3 Å². The summed E-state index contributed by atoms with van der Waals surface area (Å²) in [6.45, 7) is 6.75. The SMILES string of the molecule is CC(C)(C)c1ccc(CSC2=NC(c3ccccc3)C(c3ccccc3)N2)cc1. The Morgan fingerprint density at radius 2 is 1.38 bits per heavy atom. The topological polar surface area (TPSA) is 24.4 Å². The van der Waals surface area contributed by atoms with Crippen molar-refractivity contribution in [1.82, 2.24) is 5.32 Å². The molecule has 2 nitrogen and oxygen atoms in total. The summed E-state index contributed by atoms with van der Waals surface area (Å²) in [6, 6.07) is 30.5. The van der Waals surface area contributed by atoms with Gasteiger partial charge in [0.15, 0.2) is 5.17 Å². The predicted octanol–water partition coefficient (Wildman–Crippen LogP) is 6.66. The summed E-state index contributed by atoms with van der Waals surface area (Å²) in [5, 5.41) is 4.70. The second kappa shape index (κ2) is 8.46. The zero-order valence-corrected chi connectivity index (χ0v) is 18.1. The van der Waals surface area contributed by atoms with E-state index in [-0.39, 0.29) is 17.5 Å². The van der Waals surface area contributed by atoms with E-state index in [9.17, 15) is 0 Å². The van der Waals surface area contributed by atoms with Gasteiger partial charge >= 0.3 is 0 Å². The molecule has 3 aromatic rings. The van der Waals surface area contributed by atoms with Crippen LogP contribution in [0.25, 0.3) is 0 Å². The monoisotopic (exact) mass is 400 g/mol. The molecule has 1 heterocycles. The van der Waals surface area contributed by atoms with Gasteiger partial charge in [0.1, 0.15) is 6.04 Å². The van der Waals surface area contributed by atoms with Crippen molar-refractivity contribution in [3.63, 3.8) is 0 Å². The molecule has 2 atom stereocenters. The van der Waals surface area contributed by atoms with E-state index in [1.807, 2.05) is 0 Å². The summed E-state index contributed by atoms with van der Waals surface area (Å²) in [6.07, 6.45) is 0. The van der Waals surface area contributed by atoms with E-state index < -0.39 is 0 Å². The zero-order valence-electron chi connectivity index (χ0n) is 17.3. The van der Waals surface area contributed by atoms with Gasteiger partial charge in [-0.15, -0.1) is 0 Å². The fourth-order valence-corrected chi connectivity index (χ4v) is 4.52. The lowest BCUT2D eigenvalue weighted by atomic mass is 9.87. The molecule has 0 bridgehead atoms. The molecule has 4 rings (SSSR count). The first-order chi connectivity index (χ1) is 14.0. The number of hydrogen-bond acceptors (Lipinski definition) is 3. The summed E-state index contributed by atoms with van der Waals surface area (Å²) in [5.41, 5.74) is 5.41. The number of benzene rings is 3. The summed E-state index contributed by atoms with van der Waals surface area (Å²) in [5.74, 6) is 0.916. The number of hydrogen-bond donors (Lipinski definition) is 1. The van der Waals surface area contributed by atoms with E-state index in [0.29, 0.717) is 0 Å². The van der Waals surface area contributed by atoms with E-state index in [0.717, 1.165) is 10.9 Å². The molecule has 0 saturated carbocycles. The molecule has 29 heavy (non-hydrogen) atoms. The van der Waals surface area contributed by atoms with Gasteiger partial charge in [-0.1, -0.05) is 117 Å². The van der Waals surface area contributed by atoms with E-state index in [4.69, 9.17) is 4.99 Å². The highest BCUT2D eigenvalue weighted by Gasteiger charge is 2.31. The van der Waals surface area contributed by atoms with Crippen molar-refractivity contribution in [1.29, 1.82) is 0 Å². The Balaban J connectivity index is 1.50. The Morgan fingerprint density at radius 3 is 1.97 bits per heavy atom. The van der Waals surface area contributed by atoms with Gasteiger partial charge in [0.25, 0.3) is 0 Å². The average Bonchev–Trinajstić information content (AvgIpc) is 3.18. The van der Waals surface area contributed by atoms with Crippen LogP contribution in [-0.2, 0) is 11.2 Å². The van der Waals surface area contributed by atoms with Crippen LogP contribution in [0, 0.1) is 0 Å². The molecule has 1 aliphatic heterocycles. The highest BCUT2D eigenvalue weighted by molar-refractivity contribution is 8.13. The fraction of sp³-hybridized carbons (Fsp3) is 0.269. The van der Waals surface area contributed by atoms with E-state index in [2.05, 4.69) is 111 Å². The zero-order chi connectivity index (χ0) is 20.3. The molecule has 3 aromatic carbocycles. The van der Waals surface area contributed by atoms with Crippen LogP contribution < -0.4 is 5.32 Å². The van der Waals surface area contributed by atoms with Gasteiger partial charge < -0.3 is 5.32 Å². The van der Waals surface area contributed by atoms with Crippen LogP contribution in [0.5, 0.6) is 0 Å². The molecule has 148 valence electrons. The predicted molar refractivity (Wildman–Crippen MR) is 125 cm³/mol. The van der Waals surface area contributed by atoms with E-state index >= 15 is 0 Å². The summed E-state index contributed by atoms with van der Waals surface area (Å²) >= 11 is 1.79. The third kappa shape index (κ3) is 4.73. The van der Waals surface area contributed by atoms with Crippen molar-refractivity contribution < 1.29 is 0 Å². The van der Waals surface area contributed by atoms with Gasteiger partial charge in [-0.05, 0) is 27.7 Å². The molecule has 0 aromatic heterocycles. The number of thioether (sulfide) groups is 1. The molecular formula is C26H28N2S. The lowest BCUT2D eigenvalue weighted by Gasteiger charge is -2.19. The highest BCUT2D eigenvalue weighted by Crippen LogP contribution is 2.38. The standard InChI is InChI=1S/C26H28N2S/c1-26(2,3)22-16-14-19(15-17-22)18-29-25-27-23(20-10-6-4-7-11-20)24(28-25)21-12-8-5-9-13-21/h4-17,23-24H,18H2,1-3H3,(H,27,28). The minimum Gasteiger partial charge on any atom is -0.356 e. The number of rotatable bonds is 4. The molecule has 0 aliphatic carbocycles. The molecule has 1 aliphatic rings. The van der Waals surface area contributed by atoms with Crippen LogP contribution in [0.2, 0.25) is 0 Å². The van der Waals surface area contributed by atoms with Gasteiger partial charge in [0, 0.05) is 5.75 Å². The number of nitrogens with zero attached hydrogens (tertiary/aromatic N) is 1. The Kier molecular flexibility index (Phi) is 5.77. The summed E-state index contributed by atoms with van der Waals surface area (Å²) in [4.78, 5) is 5.06. The molecule has 2 unspecified atom stereocenters. The van der Waals surface area contributed by atoms with Crippen LogP contribution >= 0.6 is 11.8 Å². The molecule has 3 heteroatoms. The van der Waals surface area contributed by atoms with Crippen LogP contribution in [-0.4, -0.2) is 5.17 Å². The Labute approximate surface area is 178 Å². The summed E-state index contributed by atoms with van der Waals surface area (Å²) < 4.78 is 0. The Hall–Kier alpha value is -2.52. The van der Waals surface area contributed by atoms with Gasteiger partial charge in [-0.3, -0.25) is 4.99 Å². The summed E-state index contributed by atoms with van der Waals surface area (Å²) in [7, 11) is 0. The molecule has 0 amide bonds. The molecular weight excluding hydrogens is 372 g/mol. The maximum atomic E-state index is 5.06. The van der Waals surface area contributed by atoms with Crippen LogP contribution in [0.4, 0.5) is 0 Å². The molecule has 0 spiro atoms. The van der Waals surface area contributed by atoms with Gasteiger partial charge in [-0.2, -0.15) is 0 Å². The lowest BCUT2D eigenvalue weighted by Crippen LogP contribution is -2.22. The minimum absolute atomic E-state index is 0.101. The largest absolute Gasteiger partial charge is 0.356 e. The van der Waals surface area contributed by atoms with Crippen molar-refractivity contribution in [2.24, 2.45) is 4.99 Å². The number of amidine groups is 1. The Morgan fingerprint density at radius 1 is 0.793 bits per heavy atom. The van der Waals surface area contributed by atoms with Crippen LogP contribution in [0.3, 0.4) is 0 Å². The first kappa shape index (κ1) is 19.8. The van der Waals surface area contributed by atoms with Crippen molar-refractivity contribution in [3.05, 3.63) is 107 Å². The first-order valence-electron chi connectivity index (χ1n) is 10.2. The van der Waals surface area contributed by atoms with Gasteiger partial charge in [0.05, 0.1) is 6.04 Å². The molecule has 0 saturated heterocycles. The maximum absolute atomic E-state index is 5.06. The van der Waals surface area contributed by atoms with Crippen LogP contribution in [0.1, 0.15) is 55.1 Å². The Bertz CT molecular complexity index is 957. The second-order valence-corrected chi connectivity index (χ2v) is 9.52. The minimum atomic E-state index is 0.101. The van der Waals surface area contributed by atoms with Crippen molar-refractivity contribution >= 4 is 16.9 Å². The lowest BCUT2D eigenvalue weighted by molar-refractivity contribution is 0.573. The van der Waals surface area contributed by atoms with Crippen molar-refractivity contribution in [2.45, 2.75) is 44.0 Å². The number of aliphatic imine (C=N–C) groups is 1. The number of nitrogens with one attached hydrogen (secondary N) is 1. The molecule has 0 fully saturated rings. The van der Waals surface area contributed by atoms with E-state index in [1.54, 1.807) is 11.8 Å². The van der Waals surface area contributed by atoms with Crippen LogP contribution in [0.15, 0.2) is 89.9 Å². The van der Waals surface area contributed by atoms with Crippen molar-refractivity contribution in [2.75, 3.05) is 0 Å². The first-order valence-corrected chi connectivity index (χ1v) is 11.2. The smallest absolute Gasteiger partial charge is 0.158 e. The second-order valence-electron chi connectivity index (χ2n) is 8.56. The third-order valence-corrected chi connectivity index (χ3v) is 6.32. The van der Waals surface area contributed by atoms with Crippen molar-refractivity contribution in [3.8, 4) is 0 Å². The normalized spacial score (nSPS) is 18.9. The van der Waals surface area contributed by atoms with Gasteiger partial charge in [0.2, 0.25) is 0 Å². The molecule has 1 N–H and O–H groups in total. The molecule has 0 radical (unpaired) electrons. The maximum Gasteiger partial charge on any atom is 0.158 e. The quantitative estimate of drug-likeness (QED) is 0.529. The van der Waals surface area contributed by atoms with Gasteiger partial charge in [-0.25, -0.2) is 0 Å². The third-order valence-electron chi connectivity index (χ3n) is 5.35.